The molecule has 3 heteroatoms. The molecule has 0 fully saturated rings. The van der Waals surface area contributed by atoms with Gasteiger partial charge in [0.1, 0.15) is 0 Å². The van der Waals surface area contributed by atoms with E-state index in [4.69, 9.17) is 5.84 Å². The summed E-state index contributed by atoms with van der Waals surface area (Å²) in [6, 6.07) is 13.0. The minimum Gasteiger partial charge on any atom is -0.271 e. The molecule has 2 aromatic rings. The van der Waals surface area contributed by atoms with E-state index in [0.29, 0.717) is 5.92 Å². The Morgan fingerprint density at radius 2 is 1.71 bits per heavy atom. The van der Waals surface area contributed by atoms with E-state index in [0.717, 1.165) is 4.47 Å². The van der Waals surface area contributed by atoms with Gasteiger partial charge in [0.25, 0.3) is 0 Å². The fourth-order valence-electron chi connectivity index (χ4n) is 2.10. The third-order valence-corrected chi connectivity index (χ3v) is 3.52. The van der Waals surface area contributed by atoms with Crippen molar-refractivity contribution in [2.24, 2.45) is 11.8 Å². The van der Waals surface area contributed by atoms with Gasteiger partial charge in [0.05, 0.1) is 0 Å². The first kappa shape index (κ1) is 12.6. The van der Waals surface area contributed by atoms with Crippen molar-refractivity contribution in [3.8, 4) is 0 Å². The Bertz CT molecular complexity index is 523. The molecule has 0 aromatic heterocycles. The third-order valence-electron chi connectivity index (χ3n) is 3.03. The topological polar surface area (TPSA) is 38.0 Å². The normalized spacial score (nSPS) is 13.2. The number of nitrogens with one attached hydrogen (secondary N) is 1. The van der Waals surface area contributed by atoms with Gasteiger partial charge in [-0.2, -0.15) is 0 Å². The number of hydrogen-bond acceptors (Lipinski definition) is 2. The quantitative estimate of drug-likeness (QED) is 0.668. The predicted octanol–water partition coefficient (Wildman–Crippen LogP) is 3.76. The first-order valence-electron chi connectivity index (χ1n) is 5.77. The number of benzene rings is 2. The van der Waals surface area contributed by atoms with Crippen LogP contribution >= 0.6 is 15.9 Å². The van der Waals surface area contributed by atoms with Gasteiger partial charge in [0, 0.05) is 10.5 Å². The maximum atomic E-state index is 5.62. The minimum atomic E-state index is 0.197. The van der Waals surface area contributed by atoms with Gasteiger partial charge in [-0.15, -0.1) is 0 Å². The molecule has 0 saturated heterocycles. The molecule has 0 spiro atoms. The van der Waals surface area contributed by atoms with Crippen LogP contribution < -0.4 is 11.3 Å². The van der Waals surface area contributed by atoms with Crippen LogP contribution in [-0.4, -0.2) is 0 Å². The highest BCUT2D eigenvalue weighted by molar-refractivity contribution is 9.10. The molecular weight excluding hydrogens is 276 g/mol. The highest BCUT2D eigenvalue weighted by Gasteiger charge is 2.13. The third kappa shape index (κ3) is 2.68. The zero-order valence-electron chi connectivity index (χ0n) is 10.1. The Hall–Kier alpha value is -0.900. The maximum absolute atomic E-state index is 5.62. The lowest BCUT2D eigenvalue weighted by atomic mass is 9.95. The van der Waals surface area contributed by atoms with Crippen molar-refractivity contribution in [3.63, 3.8) is 0 Å². The van der Waals surface area contributed by atoms with Gasteiger partial charge in [-0.25, -0.2) is 0 Å². The summed E-state index contributed by atoms with van der Waals surface area (Å²) in [5.74, 6) is 6.08. The molecular formula is C14H17BrN2. The average molecular weight is 293 g/mol. The number of hydrazine groups is 1. The number of rotatable bonds is 3. The van der Waals surface area contributed by atoms with Crippen LogP contribution in [0.15, 0.2) is 40.9 Å². The lowest BCUT2D eigenvalue weighted by Crippen LogP contribution is -2.31. The molecule has 2 nitrogen and oxygen atoms in total. The van der Waals surface area contributed by atoms with E-state index in [2.05, 4.69) is 71.6 Å². The lowest BCUT2D eigenvalue weighted by molar-refractivity contribution is 0.421. The van der Waals surface area contributed by atoms with Crippen LogP contribution in [0, 0.1) is 5.92 Å². The van der Waals surface area contributed by atoms with E-state index in [1.807, 2.05) is 0 Å². The summed E-state index contributed by atoms with van der Waals surface area (Å²) in [5.41, 5.74) is 4.12. The number of fused-ring (bicyclic) bond motifs is 1. The van der Waals surface area contributed by atoms with E-state index >= 15 is 0 Å². The molecule has 2 aromatic carbocycles. The first-order chi connectivity index (χ1) is 8.11. The van der Waals surface area contributed by atoms with Crippen LogP contribution in [0.2, 0.25) is 0 Å². The van der Waals surface area contributed by atoms with E-state index in [9.17, 15) is 0 Å². The zero-order chi connectivity index (χ0) is 12.4. The Morgan fingerprint density at radius 1 is 1.06 bits per heavy atom. The first-order valence-corrected chi connectivity index (χ1v) is 6.56. The molecule has 0 saturated carbocycles. The van der Waals surface area contributed by atoms with Gasteiger partial charge < -0.3 is 0 Å². The van der Waals surface area contributed by atoms with Gasteiger partial charge >= 0.3 is 0 Å². The number of nitrogens with two attached hydrogens (primary N) is 1. The summed E-state index contributed by atoms with van der Waals surface area (Å²) in [6.45, 7) is 4.33. The Labute approximate surface area is 110 Å². The molecule has 0 heterocycles. The second-order valence-electron chi connectivity index (χ2n) is 4.64. The summed E-state index contributed by atoms with van der Waals surface area (Å²) in [4.78, 5) is 0. The SMILES string of the molecule is CC(C)C(NN)c1ccc2cc(Br)ccc2c1. The van der Waals surface area contributed by atoms with Crippen LogP contribution in [0.5, 0.6) is 0 Å². The molecule has 0 bridgehead atoms. The molecule has 17 heavy (non-hydrogen) atoms. The summed E-state index contributed by atoms with van der Waals surface area (Å²) in [6.07, 6.45) is 0. The van der Waals surface area contributed by atoms with Gasteiger partial charge in [-0.05, 0) is 40.5 Å². The maximum Gasteiger partial charge on any atom is 0.0483 e. The highest BCUT2D eigenvalue weighted by Crippen LogP contribution is 2.26. The van der Waals surface area contributed by atoms with Crippen molar-refractivity contribution in [1.82, 2.24) is 5.43 Å². The van der Waals surface area contributed by atoms with Gasteiger partial charge in [0.2, 0.25) is 0 Å². The molecule has 1 unspecified atom stereocenters. The van der Waals surface area contributed by atoms with Gasteiger partial charge in [-0.1, -0.05) is 48.0 Å². The molecule has 0 aliphatic heterocycles. The largest absolute Gasteiger partial charge is 0.271 e. The van der Waals surface area contributed by atoms with Crippen molar-refractivity contribution in [1.29, 1.82) is 0 Å². The molecule has 0 radical (unpaired) electrons. The number of hydrogen-bond donors (Lipinski definition) is 2. The van der Waals surface area contributed by atoms with Crippen molar-refractivity contribution in [2.45, 2.75) is 19.9 Å². The van der Waals surface area contributed by atoms with E-state index in [1.165, 1.54) is 16.3 Å². The highest BCUT2D eigenvalue weighted by atomic mass is 79.9. The van der Waals surface area contributed by atoms with E-state index in [1.54, 1.807) is 0 Å². The summed E-state index contributed by atoms with van der Waals surface area (Å²) in [5, 5.41) is 2.48. The fourth-order valence-corrected chi connectivity index (χ4v) is 2.48. The van der Waals surface area contributed by atoms with Crippen LogP contribution in [0.25, 0.3) is 10.8 Å². The van der Waals surface area contributed by atoms with E-state index in [-0.39, 0.29) is 6.04 Å². The summed E-state index contributed by atoms with van der Waals surface area (Å²) >= 11 is 3.48. The smallest absolute Gasteiger partial charge is 0.0483 e. The lowest BCUT2D eigenvalue weighted by Gasteiger charge is -2.20. The van der Waals surface area contributed by atoms with Crippen LogP contribution in [0.3, 0.4) is 0 Å². The monoisotopic (exact) mass is 292 g/mol. The Morgan fingerprint density at radius 3 is 2.35 bits per heavy atom. The minimum absolute atomic E-state index is 0.197. The second kappa shape index (κ2) is 5.17. The zero-order valence-corrected chi connectivity index (χ0v) is 11.7. The molecule has 0 aliphatic carbocycles. The Balaban J connectivity index is 2.47. The Kier molecular flexibility index (Phi) is 3.82. The molecule has 1 atom stereocenters. The molecule has 2 rings (SSSR count). The molecule has 0 amide bonds. The van der Waals surface area contributed by atoms with Crippen LogP contribution in [-0.2, 0) is 0 Å². The van der Waals surface area contributed by atoms with Gasteiger partial charge in [-0.3, -0.25) is 11.3 Å². The van der Waals surface area contributed by atoms with Crippen molar-refractivity contribution < 1.29 is 0 Å². The molecule has 90 valence electrons. The molecule has 3 N–H and O–H groups in total. The molecule has 0 aliphatic rings. The van der Waals surface area contributed by atoms with Crippen molar-refractivity contribution in [3.05, 3.63) is 46.4 Å². The summed E-state index contributed by atoms with van der Waals surface area (Å²) in [7, 11) is 0. The van der Waals surface area contributed by atoms with Crippen LogP contribution in [0.1, 0.15) is 25.5 Å². The second-order valence-corrected chi connectivity index (χ2v) is 5.55. The average Bonchev–Trinajstić information content (AvgIpc) is 2.29. The standard InChI is InChI=1S/C14H17BrN2/c1-9(2)14(17-16)12-4-3-11-8-13(15)6-5-10(11)7-12/h3-9,14,17H,16H2,1-2H3. The number of halogens is 1. The van der Waals surface area contributed by atoms with Crippen LogP contribution in [0.4, 0.5) is 0 Å². The predicted molar refractivity (Wildman–Crippen MR) is 76.6 cm³/mol. The van der Waals surface area contributed by atoms with E-state index < -0.39 is 0 Å². The fraction of sp³-hybridized carbons (Fsp3) is 0.286. The summed E-state index contributed by atoms with van der Waals surface area (Å²) < 4.78 is 1.11. The van der Waals surface area contributed by atoms with Crippen molar-refractivity contribution in [2.75, 3.05) is 0 Å². The van der Waals surface area contributed by atoms with Gasteiger partial charge in [0.15, 0.2) is 0 Å². The van der Waals surface area contributed by atoms with Crippen molar-refractivity contribution >= 4 is 26.7 Å².